The van der Waals surface area contributed by atoms with E-state index in [9.17, 15) is 0 Å². The molecule has 0 aliphatic heterocycles. The molecule has 0 radical (unpaired) electrons. The van der Waals surface area contributed by atoms with Gasteiger partial charge in [0.05, 0.1) is 8.07 Å². The first-order valence-electron chi connectivity index (χ1n) is 7.92. The van der Waals surface area contributed by atoms with Gasteiger partial charge in [0.1, 0.15) is 0 Å². The fourth-order valence-electron chi connectivity index (χ4n) is 2.65. The van der Waals surface area contributed by atoms with Crippen molar-refractivity contribution in [3.63, 3.8) is 0 Å². The Bertz CT molecular complexity index is 415. The van der Waals surface area contributed by atoms with Crippen LogP contribution in [-0.2, 0) is 6.04 Å². The summed E-state index contributed by atoms with van der Waals surface area (Å²) in [6.07, 6.45) is 9.72. The summed E-state index contributed by atoms with van der Waals surface area (Å²) in [5.74, 6) is 0. The summed E-state index contributed by atoms with van der Waals surface area (Å²) in [6, 6.07) is 13.3. The van der Waals surface area contributed by atoms with Gasteiger partial charge in [-0.25, -0.2) is 0 Å². The van der Waals surface area contributed by atoms with Gasteiger partial charge in [0.25, 0.3) is 0 Å². The summed E-state index contributed by atoms with van der Waals surface area (Å²) in [5.41, 5.74) is 2.79. The van der Waals surface area contributed by atoms with Gasteiger partial charge in [-0.2, -0.15) is 0 Å². The molecule has 0 N–H and O–H groups in total. The maximum Gasteiger partial charge on any atom is 0.0560 e. The van der Waals surface area contributed by atoms with E-state index in [0.29, 0.717) is 0 Å². The molecule has 0 saturated heterocycles. The monoisotopic (exact) mass is 286 g/mol. The summed E-state index contributed by atoms with van der Waals surface area (Å²) in [6.45, 7) is 11.4. The van der Waals surface area contributed by atoms with Crippen LogP contribution in [0.5, 0.6) is 0 Å². The van der Waals surface area contributed by atoms with Crippen molar-refractivity contribution in [2.75, 3.05) is 0 Å². The molecule has 0 atom stereocenters. The molecule has 0 amide bonds. The van der Waals surface area contributed by atoms with Gasteiger partial charge in [-0.3, -0.25) is 0 Å². The first kappa shape index (κ1) is 17.0. The third-order valence-electron chi connectivity index (χ3n) is 3.56. The molecule has 20 heavy (non-hydrogen) atoms. The Morgan fingerprint density at radius 1 is 1.15 bits per heavy atom. The molecule has 0 heterocycles. The van der Waals surface area contributed by atoms with Crippen molar-refractivity contribution in [3.8, 4) is 0 Å². The molecule has 0 aliphatic carbocycles. The number of rotatable bonds is 9. The van der Waals surface area contributed by atoms with Crippen LogP contribution < -0.4 is 0 Å². The Morgan fingerprint density at radius 2 is 1.85 bits per heavy atom. The summed E-state index contributed by atoms with van der Waals surface area (Å²) in [5, 5.41) is 0. The maximum atomic E-state index is 4.25. The first-order valence-corrected chi connectivity index (χ1v) is 11.3. The number of unbranched alkanes of at least 4 members (excludes halogenated alkanes) is 3. The van der Waals surface area contributed by atoms with Crippen molar-refractivity contribution in [1.29, 1.82) is 0 Å². The van der Waals surface area contributed by atoms with E-state index in [0.717, 1.165) is 0 Å². The summed E-state index contributed by atoms with van der Waals surface area (Å²) < 4.78 is 0. The normalized spacial score (nSPS) is 11.9. The molecule has 1 heteroatoms. The molecule has 0 nitrogen and oxygen atoms in total. The minimum Gasteiger partial charge on any atom is -0.0961 e. The van der Waals surface area contributed by atoms with E-state index < -0.39 is 8.07 Å². The second kappa shape index (κ2) is 8.96. The van der Waals surface area contributed by atoms with Crippen LogP contribution in [0.1, 0.15) is 38.2 Å². The lowest BCUT2D eigenvalue weighted by atomic mass is 10.2. The Hall–Kier alpha value is -1.08. The van der Waals surface area contributed by atoms with E-state index >= 15 is 0 Å². The van der Waals surface area contributed by atoms with E-state index in [2.05, 4.69) is 69.1 Å². The Morgan fingerprint density at radius 3 is 2.50 bits per heavy atom. The van der Waals surface area contributed by atoms with Crippen LogP contribution in [0.4, 0.5) is 0 Å². The molecule has 0 aromatic heterocycles. The first-order chi connectivity index (χ1) is 9.53. The van der Waals surface area contributed by atoms with Crippen LogP contribution in [-0.4, -0.2) is 8.07 Å². The van der Waals surface area contributed by atoms with Gasteiger partial charge in [-0.1, -0.05) is 93.1 Å². The predicted molar refractivity (Wildman–Crippen MR) is 94.9 cm³/mol. The fourth-order valence-corrected chi connectivity index (χ4v) is 5.46. The highest BCUT2D eigenvalue weighted by Crippen LogP contribution is 2.21. The SMILES string of the molecule is C=C(/C=C\CCCCC)C[Si](C)(C)Cc1ccccc1. The van der Waals surface area contributed by atoms with Crippen LogP contribution in [0, 0.1) is 0 Å². The van der Waals surface area contributed by atoms with Crippen molar-refractivity contribution in [2.24, 2.45) is 0 Å². The average molecular weight is 287 g/mol. The van der Waals surface area contributed by atoms with E-state index in [-0.39, 0.29) is 0 Å². The summed E-state index contributed by atoms with van der Waals surface area (Å²) in [4.78, 5) is 0. The Kier molecular flexibility index (Phi) is 7.61. The zero-order chi connectivity index (χ0) is 14.8. The zero-order valence-corrected chi connectivity index (χ0v) is 14.5. The molecule has 0 unspecified atom stereocenters. The molecule has 0 bridgehead atoms. The molecule has 0 spiro atoms. The van der Waals surface area contributed by atoms with Crippen molar-refractivity contribution >= 4 is 8.07 Å². The van der Waals surface area contributed by atoms with Crippen molar-refractivity contribution in [3.05, 3.63) is 60.2 Å². The summed E-state index contributed by atoms with van der Waals surface area (Å²) >= 11 is 0. The van der Waals surface area contributed by atoms with Crippen LogP contribution in [0.3, 0.4) is 0 Å². The smallest absolute Gasteiger partial charge is 0.0560 e. The van der Waals surface area contributed by atoms with Gasteiger partial charge >= 0.3 is 0 Å². The molecule has 1 aromatic carbocycles. The molecule has 1 aromatic rings. The maximum absolute atomic E-state index is 4.25. The third kappa shape index (κ3) is 7.49. The molecule has 0 saturated carbocycles. The third-order valence-corrected chi connectivity index (χ3v) is 6.34. The Balaban J connectivity index is 2.39. The number of allylic oxidation sites excluding steroid dienone is 3. The van der Waals surface area contributed by atoms with E-state index in [4.69, 9.17) is 0 Å². The lowest BCUT2D eigenvalue weighted by Crippen LogP contribution is -2.29. The highest BCUT2D eigenvalue weighted by Gasteiger charge is 2.21. The number of hydrogen-bond acceptors (Lipinski definition) is 0. The molecule has 110 valence electrons. The van der Waals surface area contributed by atoms with Crippen LogP contribution >= 0.6 is 0 Å². The molecule has 0 fully saturated rings. The van der Waals surface area contributed by atoms with E-state index in [1.54, 1.807) is 0 Å². The molecular weight excluding hydrogens is 256 g/mol. The highest BCUT2D eigenvalue weighted by molar-refractivity contribution is 6.77. The minimum absolute atomic E-state index is 1.20. The average Bonchev–Trinajstić information content (AvgIpc) is 2.38. The van der Waals surface area contributed by atoms with E-state index in [1.807, 2.05) is 0 Å². The minimum atomic E-state index is -1.23. The predicted octanol–water partition coefficient (Wildman–Crippen LogP) is 6.17. The lowest BCUT2D eigenvalue weighted by molar-refractivity contribution is 0.729. The Labute approximate surface area is 126 Å². The topological polar surface area (TPSA) is 0 Å². The van der Waals surface area contributed by atoms with Crippen molar-refractivity contribution in [1.82, 2.24) is 0 Å². The lowest BCUT2D eigenvalue weighted by Gasteiger charge is -2.22. The van der Waals surface area contributed by atoms with Crippen LogP contribution in [0.15, 0.2) is 54.6 Å². The van der Waals surface area contributed by atoms with Gasteiger partial charge < -0.3 is 0 Å². The molecule has 0 aliphatic rings. The summed E-state index contributed by atoms with van der Waals surface area (Å²) in [7, 11) is -1.23. The molecule has 1 rings (SSSR count). The standard InChI is InChI=1S/C19H30Si/c1-5-6-7-8-10-13-18(2)16-20(3,4)17-19-14-11-9-12-15-19/h9-15H,2,5-8,16-17H2,1,3-4H3/b13-10-. The molecular formula is C19H30Si. The van der Waals surface area contributed by atoms with Gasteiger partial charge in [0.15, 0.2) is 0 Å². The quantitative estimate of drug-likeness (QED) is 0.289. The highest BCUT2D eigenvalue weighted by atomic mass is 28.3. The number of benzene rings is 1. The second-order valence-electron chi connectivity index (χ2n) is 6.56. The second-order valence-corrected chi connectivity index (χ2v) is 11.6. The van der Waals surface area contributed by atoms with Crippen molar-refractivity contribution in [2.45, 2.75) is 57.8 Å². The van der Waals surface area contributed by atoms with Gasteiger partial charge in [0, 0.05) is 0 Å². The van der Waals surface area contributed by atoms with Crippen molar-refractivity contribution < 1.29 is 0 Å². The van der Waals surface area contributed by atoms with E-state index in [1.165, 1.54) is 48.9 Å². The van der Waals surface area contributed by atoms with Gasteiger partial charge in [0.2, 0.25) is 0 Å². The van der Waals surface area contributed by atoms with Gasteiger partial charge in [-0.15, -0.1) is 0 Å². The number of hydrogen-bond donors (Lipinski definition) is 0. The van der Waals surface area contributed by atoms with Crippen LogP contribution in [0.2, 0.25) is 19.1 Å². The largest absolute Gasteiger partial charge is 0.0961 e. The zero-order valence-electron chi connectivity index (χ0n) is 13.5. The van der Waals surface area contributed by atoms with Gasteiger partial charge in [-0.05, 0) is 24.9 Å². The van der Waals surface area contributed by atoms with Crippen LogP contribution in [0.25, 0.3) is 0 Å². The fraction of sp³-hybridized carbons (Fsp3) is 0.474.